The van der Waals surface area contributed by atoms with E-state index in [2.05, 4.69) is 10.3 Å². The molecule has 0 bridgehead atoms. The highest BCUT2D eigenvalue weighted by atomic mass is 32.1. The number of rotatable bonds is 5. The Labute approximate surface area is 173 Å². The number of carbonyl (C=O) groups is 1. The number of hydrogen-bond donors (Lipinski definition) is 3. The Morgan fingerprint density at radius 3 is 2.77 bits per heavy atom. The van der Waals surface area contributed by atoms with Crippen LogP contribution in [0.3, 0.4) is 0 Å². The molecule has 1 aliphatic heterocycles. The van der Waals surface area contributed by atoms with E-state index in [-0.39, 0.29) is 22.6 Å². The summed E-state index contributed by atoms with van der Waals surface area (Å²) in [5.74, 6) is -1.33. The average molecular weight is 432 g/mol. The lowest BCUT2D eigenvalue weighted by atomic mass is 9.96. The Morgan fingerprint density at radius 2 is 2.10 bits per heavy atom. The minimum atomic E-state index is -3.08. The van der Waals surface area contributed by atoms with E-state index < -0.39 is 23.6 Å². The molecule has 5 rings (SSSR count). The number of hydrogen-bond acceptors (Lipinski definition) is 5. The zero-order valence-corrected chi connectivity index (χ0v) is 16.6. The number of ether oxygens (including phenoxy) is 1. The van der Waals surface area contributed by atoms with E-state index in [1.807, 2.05) is 6.07 Å². The molecule has 6 nitrogen and oxygen atoms in total. The number of thiophene rings is 1. The molecule has 0 atom stereocenters. The molecule has 1 saturated carbocycles. The minimum Gasteiger partial charge on any atom is -0.477 e. The van der Waals surface area contributed by atoms with Gasteiger partial charge < -0.3 is 20.1 Å². The lowest BCUT2D eigenvalue weighted by Crippen LogP contribution is -2.21. The van der Waals surface area contributed by atoms with Crippen molar-refractivity contribution in [3.8, 4) is 16.2 Å². The highest BCUT2D eigenvalue weighted by Crippen LogP contribution is 2.51. The average Bonchev–Trinajstić information content (AvgIpc) is 3.46. The van der Waals surface area contributed by atoms with Gasteiger partial charge in [-0.3, -0.25) is 4.79 Å². The highest BCUT2D eigenvalue weighted by Gasteiger charge is 2.32. The van der Waals surface area contributed by atoms with Crippen LogP contribution in [-0.2, 0) is 13.0 Å². The molecule has 0 spiro atoms. The third kappa shape index (κ3) is 3.18. The summed E-state index contributed by atoms with van der Waals surface area (Å²) in [6, 6.07) is 3.68. The van der Waals surface area contributed by atoms with E-state index in [0.29, 0.717) is 5.56 Å². The molecule has 0 radical (unpaired) electrons. The monoisotopic (exact) mass is 432 g/mol. The van der Waals surface area contributed by atoms with Gasteiger partial charge in [0.1, 0.15) is 5.56 Å². The zero-order chi connectivity index (χ0) is 21.0. The molecule has 0 saturated heterocycles. The van der Waals surface area contributed by atoms with E-state index in [0.717, 1.165) is 53.9 Å². The molecule has 1 fully saturated rings. The van der Waals surface area contributed by atoms with Gasteiger partial charge in [0.25, 0.3) is 0 Å². The van der Waals surface area contributed by atoms with Crippen molar-refractivity contribution in [2.75, 3.05) is 6.54 Å². The number of benzene rings is 1. The topological polar surface area (TPSA) is 91.4 Å². The van der Waals surface area contributed by atoms with Crippen LogP contribution in [0.2, 0.25) is 0 Å². The number of aromatic amines is 1. The predicted molar refractivity (Wildman–Crippen MR) is 109 cm³/mol. The first-order valence-corrected chi connectivity index (χ1v) is 10.5. The van der Waals surface area contributed by atoms with Crippen LogP contribution in [0.25, 0.3) is 21.3 Å². The molecule has 3 aromatic rings. The fraction of sp³-hybridized carbons (Fsp3) is 0.333. The third-order valence-corrected chi connectivity index (χ3v) is 6.81. The molecule has 3 N–H and O–H groups in total. The van der Waals surface area contributed by atoms with Crippen LogP contribution < -0.4 is 15.5 Å². The predicted octanol–water partition coefficient (Wildman–Crippen LogP) is 4.08. The van der Waals surface area contributed by atoms with Gasteiger partial charge in [-0.25, -0.2) is 4.79 Å². The lowest BCUT2D eigenvalue weighted by Gasteiger charge is -2.17. The third-order valence-electron chi connectivity index (χ3n) is 5.62. The molecule has 3 heterocycles. The summed E-state index contributed by atoms with van der Waals surface area (Å²) in [4.78, 5) is 28.9. The maximum absolute atomic E-state index is 13.4. The van der Waals surface area contributed by atoms with Crippen molar-refractivity contribution in [1.29, 1.82) is 0 Å². The molecular weight excluding hydrogens is 414 g/mol. The first-order valence-electron chi connectivity index (χ1n) is 9.67. The van der Waals surface area contributed by atoms with Crippen LogP contribution >= 0.6 is 11.3 Å². The molecule has 2 aromatic heterocycles. The number of fused-ring (bicyclic) bond motifs is 2. The SMILES string of the molecule is O=C(O)c1c[nH]c2c(OC(F)F)c(-c3cc4c(s3)CNCC4)c(C3CC3)cc2c1=O. The molecule has 30 heavy (non-hydrogen) atoms. The first kappa shape index (κ1) is 19.2. The van der Waals surface area contributed by atoms with Crippen molar-refractivity contribution < 1.29 is 23.4 Å². The van der Waals surface area contributed by atoms with Crippen molar-refractivity contribution in [2.24, 2.45) is 0 Å². The number of nitrogens with one attached hydrogen (secondary N) is 2. The normalized spacial score (nSPS) is 16.1. The van der Waals surface area contributed by atoms with Gasteiger partial charge in [-0.05, 0) is 55.0 Å². The van der Waals surface area contributed by atoms with Crippen LogP contribution in [-0.4, -0.2) is 29.2 Å². The molecule has 1 aromatic carbocycles. The van der Waals surface area contributed by atoms with Gasteiger partial charge in [0.05, 0.1) is 10.9 Å². The summed E-state index contributed by atoms with van der Waals surface area (Å²) >= 11 is 1.54. The second-order valence-corrected chi connectivity index (χ2v) is 8.70. The number of pyridine rings is 1. The van der Waals surface area contributed by atoms with E-state index in [9.17, 15) is 23.5 Å². The van der Waals surface area contributed by atoms with Crippen LogP contribution in [0.1, 0.15) is 45.1 Å². The number of H-pyrrole nitrogens is 1. The Morgan fingerprint density at radius 1 is 1.30 bits per heavy atom. The fourth-order valence-electron chi connectivity index (χ4n) is 4.07. The Balaban J connectivity index is 1.83. The van der Waals surface area contributed by atoms with E-state index in [1.54, 1.807) is 6.07 Å². The van der Waals surface area contributed by atoms with Gasteiger partial charge in [-0.2, -0.15) is 8.78 Å². The summed E-state index contributed by atoms with van der Waals surface area (Å²) in [7, 11) is 0. The summed E-state index contributed by atoms with van der Waals surface area (Å²) in [6.45, 7) is -1.49. The van der Waals surface area contributed by atoms with Crippen molar-refractivity contribution in [1.82, 2.24) is 10.3 Å². The number of aromatic nitrogens is 1. The van der Waals surface area contributed by atoms with E-state index >= 15 is 0 Å². The number of alkyl halides is 2. The quantitative estimate of drug-likeness (QED) is 0.565. The van der Waals surface area contributed by atoms with Crippen molar-refractivity contribution >= 4 is 28.2 Å². The van der Waals surface area contributed by atoms with Crippen LogP contribution in [0.15, 0.2) is 23.1 Å². The van der Waals surface area contributed by atoms with Crippen molar-refractivity contribution in [3.63, 3.8) is 0 Å². The van der Waals surface area contributed by atoms with Crippen LogP contribution in [0.5, 0.6) is 5.75 Å². The standard InChI is InChI=1S/C21H18F2N2O4S/c22-21(23)29-19-16(14-5-10-3-4-24-8-15(10)30-14)11(9-1-2-9)6-12-17(19)25-7-13(18(12)26)20(27)28/h5-7,9,21,24H,1-4,8H2,(H,25,26)(H,27,28). The van der Waals surface area contributed by atoms with Gasteiger partial charge in [0, 0.05) is 28.1 Å². The van der Waals surface area contributed by atoms with Crippen molar-refractivity contribution in [3.05, 3.63) is 50.1 Å². The highest BCUT2D eigenvalue weighted by molar-refractivity contribution is 7.15. The van der Waals surface area contributed by atoms with Gasteiger partial charge in [0.2, 0.25) is 5.43 Å². The Bertz CT molecular complexity index is 1210. The Kier molecular flexibility index (Phi) is 4.59. The van der Waals surface area contributed by atoms with Crippen LogP contribution in [0.4, 0.5) is 8.78 Å². The Hall–Kier alpha value is -2.78. The molecule has 2 aliphatic rings. The second-order valence-electron chi connectivity index (χ2n) is 7.57. The fourth-order valence-corrected chi connectivity index (χ4v) is 5.31. The van der Waals surface area contributed by atoms with Gasteiger partial charge in [0.15, 0.2) is 5.75 Å². The smallest absolute Gasteiger partial charge is 0.387 e. The summed E-state index contributed by atoms with van der Waals surface area (Å²) in [5, 5.41) is 12.6. The van der Waals surface area contributed by atoms with E-state index in [1.165, 1.54) is 16.9 Å². The van der Waals surface area contributed by atoms with Gasteiger partial charge >= 0.3 is 12.6 Å². The minimum absolute atomic E-state index is 0.0548. The van der Waals surface area contributed by atoms with Crippen LogP contribution in [0, 0.1) is 0 Å². The van der Waals surface area contributed by atoms with Gasteiger partial charge in [-0.1, -0.05) is 0 Å². The molecule has 0 amide bonds. The van der Waals surface area contributed by atoms with E-state index in [4.69, 9.17) is 4.74 Å². The summed E-state index contributed by atoms with van der Waals surface area (Å²) < 4.78 is 31.8. The maximum atomic E-state index is 13.4. The number of halogens is 2. The molecule has 156 valence electrons. The molecule has 9 heteroatoms. The molecule has 0 unspecified atom stereocenters. The first-order chi connectivity index (χ1) is 14.4. The summed E-state index contributed by atoms with van der Waals surface area (Å²) in [6.07, 6.45) is 3.67. The van der Waals surface area contributed by atoms with Crippen molar-refractivity contribution in [2.45, 2.75) is 38.3 Å². The summed E-state index contributed by atoms with van der Waals surface area (Å²) in [5.41, 5.74) is 1.47. The number of aromatic carboxylic acids is 1. The number of carboxylic acid groups (broad SMARTS) is 1. The molecule has 1 aliphatic carbocycles. The second kappa shape index (κ2) is 7.17. The zero-order valence-electron chi connectivity index (χ0n) is 15.8. The lowest BCUT2D eigenvalue weighted by molar-refractivity contribution is -0.0485. The largest absolute Gasteiger partial charge is 0.477 e. The maximum Gasteiger partial charge on any atom is 0.387 e. The van der Waals surface area contributed by atoms with Gasteiger partial charge in [-0.15, -0.1) is 11.3 Å². The number of carboxylic acids is 1. The molecular formula is C21H18F2N2O4S.